The monoisotopic (exact) mass is 437 g/mol. The number of hydrogen-bond acceptors (Lipinski definition) is 3. The first kappa shape index (κ1) is 21.0. The van der Waals surface area contributed by atoms with Gasteiger partial charge in [0.1, 0.15) is 5.82 Å². The molecule has 0 unspecified atom stereocenters. The Kier molecular flexibility index (Phi) is 6.00. The van der Waals surface area contributed by atoms with Gasteiger partial charge in [0.25, 0.3) is 0 Å². The molecule has 0 bridgehead atoms. The third kappa shape index (κ3) is 4.65. The number of ether oxygens (including phenoxy) is 1. The number of rotatable bonds is 5. The molecule has 1 N–H and O–H groups in total. The highest BCUT2D eigenvalue weighted by molar-refractivity contribution is 7.89. The zero-order chi connectivity index (χ0) is 20.5. The average Bonchev–Trinajstić information content (AvgIpc) is 3.14. The lowest BCUT2D eigenvalue weighted by molar-refractivity contribution is -0.139. The Hall–Kier alpha value is -1.68. The van der Waals surface area contributed by atoms with E-state index in [-0.39, 0.29) is 5.02 Å². The van der Waals surface area contributed by atoms with Crippen molar-refractivity contribution in [3.63, 3.8) is 0 Å². The molecule has 1 fully saturated rings. The van der Waals surface area contributed by atoms with Crippen LogP contribution in [0.25, 0.3) is 0 Å². The molecule has 4 nitrogen and oxygen atoms in total. The molecule has 152 valence electrons. The van der Waals surface area contributed by atoms with Gasteiger partial charge in [-0.05, 0) is 48.7 Å². The molecule has 0 aliphatic carbocycles. The van der Waals surface area contributed by atoms with Crippen molar-refractivity contribution in [3.8, 4) is 0 Å². The van der Waals surface area contributed by atoms with Crippen LogP contribution in [0.3, 0.4) is 0 Å². The summed E-state index contributed by atoms with van der Waals surface area (Å²) in [7, 11) is -4.59. The second-order valence-corrected chi connectivity index (χ2v) is 8.46. The fourth-order valence-electron chi connectivity index (χ4n) is 3.08. The van der Waals surface area contributed by atoms with Crippen molar-refractivity contribution in [2.45, 2.75) is 36.1 Å². The number of hydrogen-bond donors (Lipinski definition) is 1. The molecule has 0 aromatic heterocycles. The van der Waals surface area contributed by atoms with Crippen LogP contribution in [-0.4, -0.2) is 21.1 Å². The number of nitrogens with one attached hydrogen (secondary N) is 1. The minimum atomic E-state index is -4.91. The summed E-state index contributed by atoms with van der Waals surface area (Å²) >= 11 is 5.62. The first-order chi connectivity index (χ1) is 13.1. The van der Waals surface area contributed by atoms with Gasteiger partial charge in [-0.15, -0.1) is 0 Å². The lowest BCUT2D eigenvalue weighted by atomic mass is 10.0. The van der Waals surface area contributed by atoms with Crippen molar-refractivity contribution in [1.29, 1.82) is 0 Å². The van der Waals surface area contributed by atoms with Gasteiger partial charge in [-0.3, -0.25) is 0 Å². The minimum absolute atomic E-state index is 0.236. The molecule has 0 radical (unpaired) electrons. The molecule has 1 aliphatic rings. The van der Waals surface area contributed by atoms with Crippen molar-refractivity contribution in [2.24, 2.45) is 0 Å². The topological polar surface area (TPSA) is 55.4 Å². The van der Waals surface area contributed by atoms with Gasteiger partial charge in [-0.25, -0.2) is 17.5 Å². The van der Waals surface area contributed by atoms with Gasteiger partial charge >= 0.3 is 6.18 Å². The Bertz CT molecular complexity index is 942. The number of halogens is 5. The Morgan fingerprint density at radius 2 is 1.82 bits per heavy atom. The SMILES string of the molecule is O=S(=O)(N[C@@H](c1ccc(F)cc1)[C@H]1CCCO1)c1ccc(Cl)cc1C(F)(F)F. The van der Waals surface area contributed by atoms with E-state index >= 15 is 0 Å². The highest BCUT2D eigenvalue weighted by Gasteiger charge is 2.39. The summed E-state index contributed by atoms with van der Waals surface area (Å²) in [6, 6.07) is 6.52. The molecular formula is C18H16ClF4NO3S. The van der Waals surface area contributed by atoms with Crippen LogP contribution >= 0.6 is 11.6 Å². The molecule has 2 aromatic carbocycles. The van der Waals surface area contributed by atoms with E-state index in [9.17, 15) is 26.0 Å². The summed E-state index contributed by atoms with van der Waals surface area (Å²) in [4.78, 5) is -0.936. The summed E-state index contributed by atoms with van der Waals surface area (Å²) in [6.45, 7) is 0.402. The number of benzene rings is 2. The zero-order valence-corrected chi connectivity index (χ0v) is 15.9. The summed E-state index contributed by atoms with van der Waals surface area (Å²) in [5.74, 6) is -0.519. The van der Waals surface area contributed by atoms with Crippen molar-refractivity contribution in [1.82, 2.24) is 4.72 Å². The highest BCUT2D eigenvalue weighted by atomic mass is 35.5. The highest BCUT2D eigenvalue weighted by Crippen LogP contribution is 2.37. The van der Waals surface area contributed by atoms with Crippen LogP contribution in [0.15, 0.2) is 47.4 Å². The van der Waals surface area contributed by atoms with Crippen LogP contribution in [0, 0.1) is 5.82 Å². The zero-order valence-electron chi connectivity index (χ0n) is 14.3. The predicted octanol–water partition coefficient (Wildman–Crippen LogP) is 4.70. The normalized spacial score (nSPS) is 19.0. The molecule has 1 aliphatic heterocycles. The van der Waals surface area contributed by atoms with Gasteiger partial charge in [-0.1, -0.05) is 23.7 Å². The maximum atomic E-state index is 13.3. The van der Waals surface area contributed by atoms with Crippen molar-refractivity contribution >= 4 is 21.6 Å². The van der Waals surface area contributed by atoms with Crippen LogP contribution in [-0.2, 0) is 20.9 Å². The van der Waals surface area contributed by atoms with Gasteiger partial charge in [0.15, 0.2) is 0 Å². The smallest absolute Gasteiger partial charge is 0.376 e. The summed E-state index contributed by atoms with van der Waals surface area (Å²) < 4.78 is 86.8. The fourth-order valence-corrected chi connectivity index (χ4v) is 4.72. The van der Waals surface area contributed by atoms with Crippen molar-refractivity contribution in [3.05, 3.63) is 64.4 Å². The Labute approximate surface area is 164 Å². The molecule has 2 atom stereocenters. The van der Waals surface area contributed by atoms with Crippen molar-refractivity contribution in [2.75, 3.05) is 6.61 Å². The number of alkyl halides is 3. The Balaban J connectivity index is 2.02. The largest absolute Gasteiger partial charge is 0.417 e. The van der Waals surface area contributed by atoms with Gasteiger partial charge < -0.3 is 4.74 Å². The molecule has 1 saturated heterocycles. The third-order valence-corrected chi connectivity index (χ3v) is 6.12. The molecule has 0 spiro atoms. The van der Waals surface area contributed by atoms with E-state index in [1.54, 1.807) is 0 Å². The van der Waals surface area contributed by atoms with Crippen molar-refractivity contribution < 1.29 is 30.7 Å². The van der Waals surface area contributed by atoms with Gasteiger partial charge in [-0.2, -0.15) is 13.2 Å². The van der Waals surface area contributed by atoms with Crippen LogP contribution < -0.4 is 4.72 Å². The van der Waals surface area contributed by atoms with E-state index in [0.717, 1.165) is 24.3 Å². The van der Waals surface area contributed by atoms with E-state index in [1.807, 2.05) is 0 Å². The quantitative estimate of drug-likeness (QED) is 0.690. The second-order valence-electron chi connectivity index (χ2n) is 6.34. The van der Waals surface area contributed by atoms with Crippen LogP contribution in [0.1, 0.15) is 30.0 Å². The van der Waals surface area contributed by atoms with Crippen LogP contribution in [0.2, 0.25) is 5.02 Å². The van der Waals surface area contributed by atoms with E-state index in [0.29, 0.717) is 31.1 Å². The summed E-state index contributed by atoms with van der Waals surface area (Å²) in [5, 5.41) is -0.236. The summed E-state index contributed by atoms with van der Waals surface area (Å²) in [5.41, 5.74) is -0.975. The maximum Gasteiger partial charge on any atom is 0.417 e. The number of sulfonamides is 1. The first-order valence-electron chi connectivity index (χ1n) is 8.34. The molecule has 1 heterocycles. The minimum Gasteiger partial charge on any atom is -0.376 e. The van der Waals surface area contributed by atoms with Gasteiger partial charge in [0, 0.05) is 11.6 Å². The molecule has 0 amide bonds. The lowest BCUT2D eigenvalue weighted by Crippen LogP contribution is -2.37. The van der Waals surface area contributed by atoms with Crippen LogP contribution in [0.4, 0.5) is 17.6 Å². The van der Waals surface area contributed by atoms with E-state index in [4.69, 9.17) is 16.3 Å². The Morgan fingerprint density at radius 1 is 1.14 bits per heavy atom. The molecule has 2 aromatic rings. The maximum absolute atomic E-state index is 13.3. The Morgan fingerprint density at radius 3 is 2.39 bits per heavy atom. The molecule has 0 saturated carbocycles. The van der Waals surface area contributed by atoms with E-state index in [1.165, 1.54) is 12.1 Å². The first-order valence-corrected chi connectivity index (χ1v) is 10.2. The lowest BCUT2D eigenvalue weighted by Gasteiger charge is -2.25. The van der Waals surface area contributed by atoms with Gasteiger partial charge in [0.2, 0.25) is 10.0 Å². The van der Waals surface area contributed by atoms with Gasteiger partial charge in [0.05, 0.1) is 22.6 Å². The molecular weight excluding hydrogens is 422 g/mol. The van der Waals surface area contributed by atoms with E-state index in [2.05, 4.69) is 4.72 Å². The van der Waals surface area contributed by atoms with E-state index < -0.39 is 44.6 Å². The fraction of sp³-hybridized carbons (Fsp3) is 0.333. The third-order valence-electron chi connectivity index (χ3n) is 4.38. The molecule has 10 heteroatoms. The predicted molar refractivity (Wildman–Crippen MR) is 94.9 cm³/mol. The standard InChI is InChI=1S/C18H16ClF4NO3S/c19-12-5-8-16(14(10-12)18(21,22)23)28(25,26)24-17(15-2-1-9-27-15)11-3-6-13(20)7-4-11/h3-8,10,15,17,24H,1-2,9H2/t15-,17+/m1/s1. The molecule has 28 heavy (non-hydrogen) atoms. The second kappa shape index (κ2) is 7.98. The van der Waals surface area contributed by atoms with Crippen LogP contribution in [0.5, 0.6) is 0 Å². The average molecular weight is 438 g/mol. The molecule has 3 rings (SSSR count). The summed E-state index contributed by atoms with van der Waals surface area (Å²) in [6.07, 6.45) is -4.30.